The van der Waals surface area contributed by atoms with Crippen molar-refractivity contribution in [2.75, 3.05) is 6.54 Å². The van der Waals surface area contributed by atoms with E-state index in [1.165, 1.54) is 24.3 Å². The Morgan fingerprint density at radius 2 is 1.80 bits per heavy atom. The lowest BCUT2D eigenvalue weighted by Gasteiger charge is -2.25. The zero-order valence-electron chi connectivity index (χ0n) is 8.14. The number of nitrogens with two attached hydrogens (primary N) is 1. The third-order valence-corrected chi connectivity index (χ3v) is 3.37. The van der Waals surface area contributed by atoms with Gasteiger partial charge in [-0.1, -0.05) is 23.7 Å². The van der Waals surface area contributed by atoms with Crippen molar-refractivity contribution in [3.05, 3.63) is 34.9 Å². The summed E-state index contributed by atoms with van der Waals surface area (Å²) in [5.41, 5.74) is 4.41. The molecule has 0 spiro atoms. The molecule has 1 aromatic carbocycles. The van der Waals surface area contributed by atoms with Crippen molar-refractivity contribution in [1.29, 1.82) is 0 Å². The van der Waals surface area contributed by atoms with Crippen molar-refractivity contribution in [3.8, 4) is 0 Å². The molecule has 2 rings (SSSR count). The summed E-state index contributed by atoms with van der Waals surface area (Å²) in [6, 6.07) is 5.71. The van der Waals surface area contributed by atoms with E-state index in [1.807, 2.05) is 0 Å². The molecular formula is C11H12ClF2N. The van der Waals surface area contributed by atoms with Crippen LogP contribution in [0.5, 0.6) is 0 Å². The normalized spacial score (nSPS) is 18.9. The topological polar surface area (TPSA) is 26.0 Å². The molecule has 1 saturated carbocycles. The van der Waals surface area contributed by atoms with Gasteiger partial charge in [0.1, 0.15) is 0 Å². The molecule has 0 heterocycles. The van der Waals surface area contributed by atoms with Crippen LogP contribution >= 0.6 is 11.6 Å². The van der Waals surface area contributed by atoms with Crippen LogP contribution in [0.15, 0.2) is 24.3 Å². The van der Waals surface area contributed by atoms with E-state index in [2.05, 4.69) is 0 Å². The Labute approximate surface area is 92.2 Å². The van der Waals surface area contributed by atoms with E-state index in [0.29, 0.717) is 17.9 Å². The summed E-state index contributed by atoms with van der Waals surface area (Å²) in [5, 5.41) is 0.465. The van der Waals surface area contributed by atoms with Crippen molar-refractivity contribution in [3.63, 3.8) is 0 Å². The van der Waals surface area contributed by atoms with Crippen LogP contribution < -0.4 is 5.73 Å². The van der Waals surface area contributed by atoms with Crippen LogP contribution in [0.2, 0.25) is 5.02 Å². The first-order chi connectivity index (χ1) is 7.02. The fraction of sp³-hybridized carbons (Fsp3) is 0.455. The molecule has 4 heteroatoms. The van der Waals surface area contributed by atoms with E-state index in [9.17, 15) is 8.78 Å². The zero-order valence-corrected chi connectivity index (χ0v) is 8.90. The lowest BCUT2D eigenvalue weighted by atomic mass is 9.92. The van der Waals surface area contributed by atoms with Gasteiger partial charge in [0, 0.05) is 17.1 Å². The SMILES string of the molecule is NCC1(C(F)(F)c2ccc(Cl)cc2)CC1. The first kappa shape index (κ1) is 10.8. The lowest BCUT2D eigenvalue weighted by Crippen LogP contribution is -2.33. The molecule has 0 bridgehead atoms. The van der Waals surface area contributed by atoms with Gasteiger partial charge in [-0.05, 0) is 25.0 Å². The van der Waals surface area contributed by atoms with Crippen LogP contribution in [-0.2, 0) is 5.92 Å². The number of rotatable bonds is 3. The van der Waals surface area contributed by atoms with E-state index < -0.39 is 11.3 Å². The maximum absolute atomic E-state index is 14.0. The second kappa shape index (κ2) is 3.42. The fourth-order valence-corrected chi connectivity index (χ4v) is 1.89. The van der Waals surface area contributed by atoms with E-state index >= 15 is 0 Å². The predicted octanol–water partition coefficient (Wildman–Crippen LogP) is 3.17. The van der Waals surface area contributed by atoms with Gasteiger partial charge in [0.15, 0.2) is 0 Å². The number of alkyl halides is 2. The highest BCUT2D eigenvalue weighted by atomic mass is 35.5. The Hall–Kier alpha value is -0.670. The first-order valence-corrected chi connectivity index (χ1v) is 5.24. The van der Waals surface area contributed by atoms with Gasteiger partial charge in [-0.2, -0.15) is 0 Å². The summed E-state index contributed by atoms with van der Waals surface area (Å²) in [6.07, 6.45) is 0.998. The summed E-state index contributed by atoms with van der Waals surface area (Å²) in [7, 11) is 0. The van der Waals surface area contributed by atoms with E-state index in [-0.39, 0.29) is 12.1 Å². The van der Waals surface area contributed by atoms with Gasteiger partial charge in [0.25, 0.3) is 5.92 Å². The van der Waals surface area contributed by atoms with Crippen molar-refractivity contribution >= 4 is 11.6 Å². The standard InChI is InChI=1S/C11H12ClF2N/c12-9-3-1-8(2-4-9)11(13,14)10(7-15)5-6-10/h1-4H,5-7,15H2. The van der Waals surface area contributed by atoms with Crippen molar-refractivity contribution < 1.29 is 8.78 Å². The monoisotopic (exact) mass is 231 g/mol. The van der Waals surface area contributed by atoms with Crippen LogP contribution in [0.1, 0.15) is 18.4 Å². The molecule has 1 aliphatic rings. The molecule has 1 nitrogen and oxygen atoms in total. The highest BCUT2D eigenvalue weighted by Gasteiger charge is 2.61. The van der Waals surface area contributed by atoms with Crippen molar-refractivity contribution in [2.24, 2.45) is 11.1 Å². The van der Waals surface area contributed by atoms with Crippen LogP contribution in [0.25, 0.3) is 0 Å². The minimum atomic E-state index is -2.84. The third kappa shape index (κ3) is 1.64. The molecule has 1 fully saturated rings. The predicted molar refractivity (Wildman–Crippen MR) is 56.1 cm³/mol. The zero-order chi connectivity index (χ0) is 11.1. The molecule has 15 heavy (non-hydrogen) atoms. The third-order valence-electron chi connectivity index (χ3n) is 3.12. The minimum absolute atomic E-state index is 0.00912. The molecule has 0 unspecified atom stereocenters. The number of hydrogen-bond donors (Lipinski definition) is 1. The molecule has 0 saturated heterocycles. The van der Waals surface area contributed by atoms with Crippen LogP contribution in [0, 0.1) is 5.41 Å². The Morgan fingerprint density at radius 1 is 1.27 bits per heavy atom. The summed E-state index contributed by atoms with van der Waals surface area (Å²) in [5.74, 6) is -2.84. The van der Waals surface area contributed by atoms with Gasteiger partial charge < -0.3 is 5.73 Å². The molecule has 2 N–H and O–H groups in total. The smallest absolute Gasteiger partial charge is 0.279 e. The largest absolute Gasteiger partial charge is 0.330 e. The van der Waals surface area contributed by atoms with Crippen molar-refractivity contribution in [1.82, 2.24) is 0 Å². The second-order valence-electron chi connectivity index (χ2n) is 4.07. The van der Waals surface area contributed by atoms with Gasteiger partial charge in [-0.25, -0.2) is 8.78 Å². The fourth-order valence-electron chi connectivity index (χ4n) is 1.76. The Balaban J connectivity index is 2.33. The van der Waals surface area contributed by atoms with E-state index in [0.717, 1.165) is 0 Å². The average Bonchev–Trinajstić information content (AvgIpc) is 2.99. The van der Waals surface area contributed by atoms with E-state index in [4.69, 9.17) is 17.3 Å². The quantitative estimate of drug-likeness (QED) is 0.850. The van der Waals surface area contributed by atoms with Gasteiger partial charge in [-0.15, -0.1) is 0 Å². The Bertz CT molecular complexity index is 357. The Kier molecular flexibility index (Phi) is 2.47. The van der Waals surface area contributed by atoms with E-state index in [1.54, 1.807) is 0 Å². The molecule has 82 valence electrons. The maximum atomic E-state index is 14.0. The molecule has 0 atom stereocenters. The van der Waals surface area contributed by atoms with Gasteiger partial charge >= 0.3 is 0 Å². The maximum Gasteiger partial charge on any atom is 0.279 e. The van der Waals surface area contributed by atoms with Gasteiger partial charge in [-0.3, -0.25) is 0 Å². The van der Waals surface area contributed by atoms with Crippen LogP contribution in [-0.4, -0.2) is 6.54 Å². The summed E-state index contributed by atoms with van der Waals surface area (Å²) >= 11 is 5.66. The summed E-state index contributed by atoms with van der Waals surface area (Å²) in [6.45, 7) is 0.0304. The van der Waals surface area contributed by atoms with Gasteiger partial charge in [0.2, 0.25) is 0 Å². The van der Waals surface area contributed by atoms with Crippen molar-refractivity contribution in [2.45, 2.75) is 18.8 Å². The lowest BCUT2D eigenvalue weighted by molar-refractivity contribution is -0.0762. The Morgan fingerprint density at radius 3 is 2.20 bits per heavy atom. The average molecular weight is 232 g/mol. The summed E-state index contributed by atoms with van der Waals surface area (Å²) < 4.78 is 28.0. The molecular weight excluding hydrogens is 220 g/mol. The van der Waals surface area contributed by atoms with Crippen LogP contribution in [0.3, 0.4) is 0 Å². The highest BCUT2D eigenvalue weighted by Crippen LogP contribution is 2.60. The summed E-state index contributed by atoms with van der Waals surface area (Å²) in [4.78, 5) is 0. The highest BCUT2D eigenvalue weighted by molar-refractivity contribution is 6.30. The second-order valence-corrected chi connectivity index (χ2v) is 4.50. The molecule has 1 aromatic rings. The molecule has 0 radical (unpaired) electrons. The number of benzene rings is 1. The molecule has 1 aliphatic carbocycles. The van der Waals surface area contributed by atoms with Crippen LogP contribution in [0.4, 0.5) is 8.78 Å². The molecule has 0 aliphatic heterocycles. The number of hydrogen-bond acceptors (Lipinski definition) is 1. The molecule has 0 aromatic heterocycles. The minimum Gasteiger partial charge on any atom is -0.330 e. The number of halogens is 3. The first-order valence-electron chi connectivity index (χ1n) is 4.86. The van der Waals surface area contributed by atoms with Gasteiger partial charge in [0.05, 0.1) is 5.41 Å². The molecule has 0 amide bonds.